The molecule has 0 unspecified atom stereocenters. The van der Waals surface area contributed by atoms with Gasteiger partial charge in [-0.15, -0.1) is 6.58 Å². The minimum atomic E-state index is -0.432. The number of anilines is 1. The normalized spacial score (nSPS) is 10.3. The van der Waals surface area contributed by atoms with Crippen molar-refractivity contribution >= 4 is 11.6 Å². The summed E-state index contributed by atoms with van der Waals surface area (Å²) in [6.45, 7) is 6.00. The van der Waals surface area contributed by atoms with E-state index < -0.39 is 5.91 Å². The van der Waals surface area contributed by atoms with Gasteiger partial charge in [-0.05, 0) is 19.1 Å². The Bertz CT molecular complexity index is 495. The number of carbonyl (C=O) groups is 1. The number of nitriles is 1. The van der Waals surface area contributed by atoms with Gasteiger partial charge in [0.2, 0.25) is 0 Å². The second kappa shape index (κ2) is 6.92. The monoisotopic (exact) mass is 241 g/mol. The standard InChI is InChI=1S/C14H15N3O/c1-3-8-16-10-12(9-15)14(18)17-13-6-4-11(2)5-7-13/h3-7,10,16H,1,8H2,2H3,(H,17,18)/b12-10-. The molecule has 0 spiro atoms. The largest absolute Gasteiger partial charge is 0.386 e. The van der Waals surface area contributed by atoms with Crippen molar-refractivity contribution in [1.29, 1.82) is 5.26 Å². The molecule has 1 aromatic rings. The molecule has 0 aliphatic carbocycles. The fraction of sp³-hybridized carbons (Fsp3) is 0.143. The third kappa shape index (κ3) is 4.14. The fourth-order valence-electron chi connectivity index (χ4n) is 1.23. The molecular formula is C14H15N3O. The zero-order valence-corrected chi connectivity index (χ0v) is 10.2. The quantitative estimate of drug-likeness (QED) is 0.359. The number of amides is 1. The summed E-state index contributed by atoms with van der Waals surface area (Å²) in [6.07, 6.45) is 3.02. The highest BCUT2D eigenvalue weighted by Crippen LogP contribution is 2.09. The summed E-state index contributed by atoms with van der Waals surface area (Å²) >= 11 is 0. The average molecular weight is 241 g/mol. The minimum Gasteiger partial charge on any atom is -0.386 e. The number of nitrogens with one attached hydrogen (secondary N) is 2. The van der Waals surface area contributed by atoms with Crippen LogP contribution in [-0.2, 0) is 4.79 Å². The first-order valence-electron chi connectivity index (χ1n) is 5.50. The van der Waals surface area contributed by atoms with Crippen LogP contribution in [0.25, 0.3) is 0 Å². The van der Waals surface area contributed by atoms with Gasteiger partial charge in [-0.2, -0.15) is 5.26 Å². The molecule has 0 saturated heterocycles. The highest BCUT2D eigenvalue weighted by Gasteiger charge is 2.08. The summed E-state index contributed by atoms with van der Waals surface area (Å²) in [5.41, 5.74) is 1.80. The number of hydrogen-bond donors (Lipinski definition) is 2. The highest BCUT2D eigenvalue weighted by atomic mass is 16.1. The van der Waals surface area contributed by atoms with Gasteiger partial charge in [0.05, 0.1) is 0 Å². The van der Waals surface area contributed by atoms with Crippen LogP contribution in [0.15, 0.2) is 48.7 Å². The zero-order chi connectivity index (χ0) is 13.4. The van der Waals surface area contributed by atoms with Gasteiger partial charge in [0.15, 0.2) is 0 Å². The molecule has 0 aliphatic heterocycles. The van der Waals surface area contributed by atoms with Crippen LogP contribution in [0.1, 0.15) is 5.56 Å². The maximum absolute atomic E-state index is 11.8. The lowest BCUT2D eigenvalue weighted by molar-refractivity contribution is -0.112. The van der Waals surface area contributed by atoms with Crippen LogP contribution >= 0.6 is 0 Å². The van der Waals surface area contributed by atoms with E-state index in [4.69, 9.17) is 5.26 Å². The van der Waals surface area contributed by atoms with Crippen LogP contribution < -0.4 is 10.6 Å². The van der Waals surface area contributed by atoms with E-state index in [9.17, 15) is 4.79 Å². The molecule has 4 heteroatoms. The third-order valence-corrected chi connectivity index (χ3v) is 2.18. The predicted molar refractivity (Wildman–Crippen MR) is 71.7 cm³/mol. The Balaban J connectivity index is 2.68. The number of benzene rings is 1. The third-order valence-electron chi connectivity index (χ3n) is 2.18. The summed E-state index contributed by atoms with van der Waals surface area (Å²) < 4.78 is 0. The second-order valence-electron chi connectivity index (χ2n) is 3.69. The van der Waals surface area contributed by atoms with Gasteiger partial charge in [-0.3, -0.25) is 4.79 Å². The van der Waals surface area contributed by atoms with E-state index in [1.807, 2.05) is 25.1 Å². The van der Waals surface area contributed by atoms with Crippen molar-refractivity contribution in [2.24, 2.45) is 0 Å². The van der Waals surface area contributed by atoms with E-state index in [1.165, 1.54) is 6.20 Å². The van der Waals surface area contributed by atoms with Gasteiger partial charge in [0, 0.05) is 18.4 Å². The lowest BCUT2D eigenvalue weighted by Crippen LogP contribution is -2.16. The van der Waals surface area contributed by atoms with Crippen molar-refractivity contribution in [2.75, 3.05) is 11.9 Å². The SMILES string of the molecule is C=CCN/C=C(/C#N)C(=O)Nc1ccc(C)cc1. The molecule has 18 heavy (non-hydrogen) atoms. The van der Waals surface area contributed by atoms with Gasteiger partial charge in [0.25, 0.3) is 5.91 Å². The first-order valence-corrected chi connectivity index (χ1v) is 5.50. The van der Waals surface area contributed by atoms with Crippen LogP contribution in [0.2, 0.25) is 0 Å². The van der Waals surface area contributed by atoms with Crippen molar-refractivity contribution < 1.29 is 4.79 Å². The summed E-state index contributed by atoms with van der Waals surface area (Å²) in [5.74, 6) is -0.432. The van der Waals surface area contributed by atoms with Crippen molar-refractivity contribution in [3.8, 4) is 6.07 Å². The molecule has 0 fully saturated rings. The predicted octanol–water partition coefficient (Wildman–Crippen LogP) is 2.12. The fourth-order valence-corrected chi connectivity index (χ4v) is 1.23. The molecular weight excluding hydrogens is 226 g/mol. The van der Waals surface area contributed by atoms with Crippen LogP contribution in [0.4, 0.5) is 5.69 Å². The molecule has 0 aromatic heterocycles. The zero-order valence-electron chi connectivity index (χ0n) is 10.2. The van der Waals surface area contributed by atoms with Crippen molar-refractivity contribution in [3.05, 3.63) is 54.3 Å². The molecule has 2 N–H and O–H groups in total. The van der Waals surface area contributed by atoms with Crippen LogP contribution in [0.3, 0.4) is 0 Å². The summed E-state index contributed by atoms with van der Waals surface area (Å²) in [5, 5.41) is 14.3. The molecule has 0 heterocycles. The van der Waals surface area contributed by atoms with Gasteiger partial charge in [-0.1, -0.05) is 23.8 Å². The lowest BCUT2D eigenvalue weighted by atomic mass is 10.2. The van der Waals surface area contributed by atoms with E-state index in [2.05, 4.69) is 17.2 Å². The average Bonchev–Trinajstić information content (AvgIpc) is 2.37. The molecule has 0 aliphatic rings. The van der Waals surface area contributed by atoms with Crippen LogP contribution in [0.5, 0.6) is 0 Å². The van der Waals surface area contributed by atoms with E-state index in [1.54, 1.807) is 18.2 Å². The molecule has 0 saturated carbocycles. The Morgan fingerprint density at radius 2 is 2.11 bits per heavy atom. The van der Waals surface area contributed by atoms with E-state index >= 15 is 0 Å². The van der Waals surface area contributed by atoms with Gasteiger partial charge in [0.1, 0.15) is 11.6 Å². The molecule has 1 rings (SSSR count). The van der Waals surface area contributed by atoms with Crippen LogP contribution in [0, 0.1) is 18.3 Å². The number of aryl methyl sites for hydroxylation is 1. The summed E-state index contributed by atoms with van der Waals surface area (Å²) in [4.78, 5) is 11.8. The number of carbonyl (C=O) groups excluding carboxylic acids is 1. The minimum absolute atomic E-state index is 0.0254. The molecule has 0 atom stereocenters. The Morgan fingerprint density at radius 3 is 2.67 bits per heavy atom. The number of hydrogen-bond acceptors (Lipinski definition) is 3. The summed E-state index contributed by atoms with van der Waals surface area (Å²) in [7, 11) is 0. The molecule has 1 aromatic carbocycles. The van der Waals surface area contributed by atoms with Gasteiger partial charge < -0.3 is 10.6 Å². The van der Waals surface area contributed by atoms with Crippen molar-refractivity contribution in [3.63, 3.8) is 0 Å². The van der Waals surface area contributed by atoms with E-state index in [0.717, 1.165) is 5.56 Å². The van der Waals surface area contributed by atoms with Crippen molar-refractivity contribution in [2.45, 2.75) is 6.92 Å². The van der Waals surface area contributed by atoms with Crippen molar-refractivity contribution in [1.82, 2.24) is 5.32 Å². The maximum Gasteiger partial charge on any atom is 0.267 e. The Kier molecular flexibility index (Phi) is 5.20. The molecule has 0 radical (unpaired) electrons. The lowest BCUT2D eigenvalue weighted by Gasteiger charge is -2.04. The highest BCUT2D eigenvalue weighted by molar-refractivity contribution is 6.06. The van der Waals surface area contributed by atoms with Gasteiger partial charge in [-0.25, -0.2) is 0 Å². The Hall–Kier alpha value is -2.54. The van der Waals surface area contributed by atoms with Gasteiger partial charge >= 0.3 is 0 Å². The topological polar surface area (TPSA) is 64.9 Å². The molecule has 1 amide bonds. The molecule has 4 nitrogen and oxygen atoms in total. The first kappa shape index (κ1) is 13.5. The number of nitrogens with zero attached hydrogens (tertiary/aromatic N) is 1. The molecule has 92 valence electrons. The summed E-state index contributed by atoms with van der Waals surface area (Å²) in [6, 6.07) is 9.21. The van der Waals surface area contributed by atoms with E-state index in [-0.39, 0.29) is 5.57 Å². The van der Waals surface area contributed by atoms with Crippen LogP contribution in [-0.4, -0.2) is 12.5 Å². The number of rotatable bonds is 5. The Labute approximate surface area is 107 Å². The second-order valence-corrected chi connectivity index (χ2v) is 3.69. The smallest absolute Gasteiger partial charge is 0.267 e. The Morgan fingerprint density at radius 1 is 1.44 bits per heavy atom. The maximum atomic E-state index is 11.8. The molecule has 0 bridgehead atoms. The van der Waals surface area contributed by atoms with E-state index in [0.29, 0.717) is 12.2 Å². The first-order chi connectivity index (χ1) is 8.67.